The Hall–Kier alpha value is -0.510. The van der Waals surface area contributed by atoms with Gasteiger partial charge in [-0.1, -0.05) is 12.1 Å². The number of hydrogen-bond donors (Lipinski definition) is 1. The van der Waals surface area contributed by atoms with Crippen LogP contribution in [0.25, 0.3) is 0 Å². The summed E-state index contributed by atoms with van der Waals surface area (Å²) < 4.78 is 12.5. The van der Waals surface area contributed by atoms with Crippen molar-refractivity contribution in [3.63, 3.8) is 0 Å². The minimum atomic E-state index is -0.738. The summed E-state index contributed by atoms with van der Waals surface area (Å²) in [6.07, 6.45) is 0. The summed E-state index contributed by atoms with van der Waals surface area (Å²) in [6.45, 7) is 0. The van der Waals surface area contributed by atoms with Gasteiger partial charge in [0, 0.05) is 0 Å². The smallest absolute Gasteiger partial charge is 0.251 e. The average molecular weight is 249 g/mol. The lowest BCUT2D eigenvalue weighted by atomic mass is 10.2. The first-order chi connectivity index (χ1) is 4.72. The summed E-state index contributed by atoms with van der Waals surface area (Å²) in [4.78, 5) is 10.4. The van der Waals surface area contributed by atoms with Crippen LogP contribution in [-0.4, -0.2) is 5.91 Å². The lowest BCUT2D eigenvalue weighted by Crippen LogP contribution is -2.12. The van der Waals surface area contributed by atoms with Gasteiger partial charge in [0.05, 0.1) is 5.56 Å². The summed E-state index contributed by atoms with van der Waals surface area (Å²) in [6, 6.07) is 5.60. The molecule has 2 nitrogen and oxygen atoms in total. The van der Waals surface area contributed by atoms with E-state index >= 15 is 0 Å². The highest BCUT2D eigenvalue weighted by Crippen LogP contribution is 2.03. The van der Waals surface area contributed by atoms with E-state index in [9.17, 15) is 9.18 Å². The van der Waals surface area contributed by atoms with Crippen LogP contribution in [0.15, 0.2) is 24.3 Å². The summed E-state index contributed by atoms with van der Waals surface area (Å²) in [5.41, 5.74) is 4.77. The zero-order valence-electron chi connectivity index (χ0n) is 6.40. The van der Waals surface area contributed by atoms with Crippen molar-refractivity contribution < 1.29 is 9.18 Å². The second-order valence-electron chi connectivity index (χ2n) is 1.84. The average Bonchev–Trinajstić information content (AvgIpc) is 1.88. The summed E-state index contributed by atoms with van der Waals surface area (Å²) in [7, 11) is 0. The number of amides is 1. The van der Waals surface area contributed by atoms with Gasteiger partial charge >= 0.3 is 0 Å². The zero-order valence-corrected chi connectivity index (χ0v) is 8.85. The van der Waals surface area contributed by atoms with Gasteiger partial charge in [-0.05, 0) is 12.1 Å². The van der Waals surface area contributed by atoms with E-state index < -0.39 is 11.7 Å². The molecule has 6 heteroatoms. The van der Waals surface area contributed by atoms with Crippen LogP contribution in [0.5, 0.6) is 0 Å². The van der Waals surface area contributed by atoms with E-state index in [1.807, 2.05) is 0 Å². The minimum absolute atomic E-state index is 0. The van der Waals surface area contributed by atoms with Gasteiger partial charge in [0.15, 0.2) is 0 Å². The fourth-order valence-corrected chi connectivity index (χ4v) is 0.661. The number of halogens is 4. The molecular weight excluding hydrogens is 239 g/mol. The molecule has 1 aromatic carbocycles. The van der Waals surface area contributed by atoms with Crippen LogP contribution in [0.2, 0.25) is 0 Å². The molecule has 0 atom stereocenters. The molecule has 1 aromatic rings. The molecule has 0 saturated heterocycles. The van der Waals surface area contributed by atoms with Gasteiger partial charge in [-0.25, -0.2) is 4.39 Å². The molecule has 0 fully saturated rings. The molecule has 0 heterocycles. The Morgan fingerprint density at radius 2 is 1.62 bits per heavy atom. The molecule has 2 N–H and O–H groups in total. The third kappa shape index (κ3) is 4.93. The third-order valence-corrected chi connectivity index (χ3v) is 1.14. The maximum atomic E-state index is 12.5. The van der Waals surface area contributed by atoms with Crippen molar-refractivity contribution in [3.05, 3.63) is 35.6 Å². The van der Waals surface area contributed by atoms with Gasteiger partial charge in [-0.15, -0.1) is 37.2 Å². The van der Waals surface area contributed by atoms with Crippen molar-refractivity contribution in [2.45, 2.75) is 0 Å². The largest absolute Gasteiger partial charge is 0.366 e. The van der Waals surface area contributed by atoms with Crippen LogP contribution in [-0.2, 0) is 0 Å². The predicted molar refractivity (Wildman–Crippen MR) is 56.7 cm³/mol. The summed E-state index contributed by atoms with van der Waals surface area (Å²) >= 11 is 0. The molecule has 0 unspecified atom stereocenters. The molecule has 0 aliphatic heterocycles. The SMILES string of the molecule is Cl.Cl.Cl.NC(=O)c1ccccc1F. The number of carbonyl (C=O) groups is 1. The first-order valence-electron chi connectivity index (χ1n) is 2.76. The van der Waals surface area contributed by atoms with E-state index in [0.717, 1.165) is 0 Å². The lowest BCUT2D eigenvalue weighted by molar-refractivity contribution is 0.0996. The molecule has 0 aliphatic rings. The van der Waals surface area contributed by atoms with Crippen molar-refractivity contribution in [1.29, 1.82) is 0 Å². The third-order valence-electron chi connectivity index (χ3n) is 1.14. The second-order valence-corrected chi connectivity index (χ2v) is 1.84. The minimum Gasteiger partial charge on any atom is -0.366 e. The first kappa shape index (κ1) is 18.3. The van der Waals surface area contributed by atoms with Crippen LogP contribution in [0.3, 0.4) is 0 Å². The Bertz CT molecular complexity index is 270. The molecule has 0 saturated carbocycles. The van der Waals surface area contributed by atoms with E-state index in [0.29, 0.717) is 0 Å². The fraction of sp³-hybridized carbons (Fsp3) is 0. The maximum Gasteiger partial charge on any atom is 0.251 e. The van der Waals surface area contributed by atoms with E-state index in [2.05, 4.69) is 0 Å². The van der Waals surface area contributed by atoms with Gasteiger partial charge in [-0.3, -0.25) is 4.79 Å². The van der Waals surface area contributed by atoms with Crippen LogP contribution in [0, 0.1) is 5.82 Å². The number of primary amides is 1. The number of carbonyl (C=O) groups excluding carboxylic acids is 1. The van der Waals surface area contributed by atoms with Gasteiger partial charge in [0.1, 0.15) is 5.82 Å². The zero-order chi connectivity index (χ0) is 7.56. The van der Waals surface area contributed by atoms with Gasteiger partial charge in [-0.2, -0.15) is 0 Å². The van der Waals surface area contributed by atoms with Gasteiger partial charge in [0.2, 0.25) is 0 Å². The van der Waals surface area contributed by atoms with E-state index in [1.165, 1.54) is 18.2 Å². The predicted octanol–water partition coefficient (Wildman–Crippen LogP) is 2.19. The highest BCUT2D eigenvalue weighted by molar-refractivity contribution is 5.92. The molecule has 0 aliphatic carbocycles. The van der Waals surface area contributed by atoms with Crippen LogP contribution >= 0.6 is 37.2 Å². The highest BCUT2D eigenvalue weighted by atomic mass is 35.5. The number of rotatable bonds is 1. The monoisotopic (exact) mass is 247 g/mol. The lowest BCUT2D eigenvalue weighted by Gasteiger charge is -1.94. The first-order valence-corrected chi connectivity index (χ1v) is 2.76. The molecular formula is C7H9Cl3FNO. The molecule has 0 radical (unpaired) electrons. The Morgan fingerprint density at radius 3 is 1.92 bits per heavy atom. The second kappa shape index (κ2) is 8.10. The summed E-state index contributed by atoms with van der Waals surface area (Å²) in [5, 5.41) is 0. The topological polar surface area (TPSA) is 43.1 Å². The van der Waals surface area contributed by atoms with Crippen LogP contribution in [0.1, 0.15) is 10.4 Å². The van der Waals surface area contributed by atoms with Crippen molar-refractivity contribution in [2.75, 3.05) is 0 Å². The maximum absolute atomic E-state index is 12.5. The quantitative estimate of drug-likeness (QED) is 0.813. The van der Waals surface area contributed by atoms with Gasteiger partial charge in [0.25, 0.3) is 5.91 Å². The standard InChI is InChI=1S/C7H6FNO.3ClH/c8-6-4-2-1-3-5(6)7(9)10;;;/h1-4H,(H2,9,10);3*1H. The molecule has 76 valence electrons. The van der Waals surface area contributed by atoms with Gasteiger partial charge < -0.3 is 5.73 Å². The number of benzene rings is 1. The molecule has 0 spiro atoms. The molecule has 13 heavy (non-hydrogen) atoms. The van der Waals surface area contributed by atoms with Crippen LogP contribution in [0.4, 0.5) is 4.39 Å². The van der Waals surface area contributed by atoms with E-state index in [4.69, 9.17) is 5.73 Å². The Kier molecular flexibility index (Phi) is 11.4. The van der Waals surface area contributed by atoms with E-state index in [1.54, 1.807) is 6.07 Å². The van der Waals surface area contributed by atoms with Crippen molar-refractivity contribution in [3.8, 4) is 0 Å². The Labute approximate surface area is 93.9 Å². The fourth-order valence-electron chi connectivity index (χ4n) is 0.661. The Balaban J connectivity index is -0.000000333. The van der Waals surface area contributed by atoms with Crippen molar-refractivity contribution in [2.24, 2.45) is 5.73 Å². The molecule has 0 bridgehead atoms. The normalized spacial score (nSPS) is 7.15. The molecule has 1 rings (SSSR count). The summed E-state index contributed by atoms with van der Waals surface area (Å²) in [5.74, 6) is -1.31. The Morgan fingerprint density at radius 1 is 1.15 bits per heavy atom. The van der Waals surface area contributed by atoms with E-state index in [-0.39, 0.29) is 42.8 Å². The highest BCUT2D eigenvalue weighted by Gasteiger charge is 2.04. The number of hydrogen-bond acceptors (Lipinski definition) is 1. The van der Waals surface area contributed by atoms with Crippen molar-refractivity contribution in [1.82, 2.24) is 0 Å². The van der Waals surface area contributed by atoms with Crippen molar-refractivity contribution >= 4 is 43.1 Å². The molecule has 1 amide bonds. The van der Waals surface area contributed by atoms with Crippen LogP contribution < -0.4 is 5.73 Å². The molecule has 0 aromatic heterocycles. The number of nitrogens with two attached hydrogens (primary N) is 1.